The van der Waals surface area contributed by atoms with E-state index >= 15 is 0 Å². The van der Waals surface area contributed by atoms with Gasteiger partial charge < -0.3 is 20.1 Å². The lowest BCUT2D eigenvalue weighted by Gasteiger charge is -2.10. The summed E-state index contributed by atoms with van der Waals surface area (Å²) in [5.41, 5.74) is 1.30. The zero-order valence-electron chi connectivity index (χ0n) is 14.1. The molecule has 1 aliphatic heterocycles. The molecule has 7 heteroatoms. The van der Waals surface area contributed by atoms with Crippen molar-refractivity contribution in [2.45, 2.75) is 18.9 Å². The van der Waals surface area contributed by atoms with Gasteiger partial charge in [-0.05, 0) is 49.2 Å². The van der Waals surface area contributed by atoms with Gasteiger partial charge in [0.15, 0.2) is 0 Å². The van der Waals surface area contributed by atoms with E-state index in [9.17, 15) is 14.7 Å². The summed E-state index contributed by atoms with van der Waals surface area (Å²) in [6, 6.07) is 11.2. The Morgan fingerprint density at radius 3 is 2.81 bits per heavy atom. The van der Waals surface area contributed by atoms with Crippen molar-refractivity contribution in [3.63, 3.8) is 0 Å². The number of pyridine rings is 1. The highest BCUT2D eigenvalue weighted by atomic mass is 16.5. The number of aromatic nitrogens is 2. The van der Waals surface area contributed by atoms with Gasteiger partial charge in [0.1, 0.15) is 17.1 Å². The Labute approximate surface area is 149 Å². The molecule has 0 aliphatic carbocycles. The molecule has 0 radical (unpaired) electrons. The number of hydrogen-bond acceptors (Lipinski definition) is 4. The number of aromatic hydroxyl groups is 1. The van der Waals surface area contributed by atoms with E-state index in [1.54, 1.807) is 24.3 Å². The Bertz CT molecular complexity index is 998. The number of amides is 1. The average molecular weight is 353 g/mol. The Morgan fingerprint density at radius 1 is 1.27 bits per heavy atom. The van der Waals surface area contributed by atoms with Crippen LogP contribution in [0.2, 0.25) is 0 Å². The van der Waals surface area contributed by atoms with Crippen molar-refractivity contribution in [1.29, 1.82) is 0 Å². The number of fused-ring (bicyclic) bond motifs is 1. The summed E-state index contributed by atoms with van der Waals surface area (Å²) in [4.78, 5) is 27.8. The van der Waals surface area contributed by atoms with Crippen LogP contribution in [-0.4, -0.2) is 39.8 Å². The first-order valence-corrected chi connectivity index (χ1v) is 8.56. The van der Waals surface area contributed by atoms with Gasteiger partial charge in [-0.1, -0.05) is 0 Å². The molecule has 1 fully saturated rings. The van der Waals surface area contributed by atoms with Gasteiger partial charge in [0.05, 0.1) is 11.8 Å². The molecule has 1 saturated heterocycles. The van der Waals surface area contributed by atoms with Crippen LogP contribution < -0.4 is 10.9 Å². The Balaban J connectivity index is 1.66. The van der Waals surface area contributed by atoms with E-state index in [2.05, 4.69) is 10.3 Å². The van der Waals surface area contributed by atoms with Crippen LogP contribution in [0.1, 0.15) is 23.3 Å². The molecular formula is C19H19N3O4. The molecule has 0 saturated carbocycles. The number of benzene rings is 1. The average Bonchev–Trinajstić information content (AvgIpc) is 3.30. The van der Waals surface area contributed by atoms with E-state index in [1.807, 2.05) is 0 Å². The summed E-state index contributed by atoms with van der Waals surface area (Å²) >= 11 is 0. The van der Waals surface area contributed by atoms with Gasteiger partial charge in [0, 0.05) is 24.6 Å². The Kier molecular flexibility index (Phi) is 4.22. The highest BCUT2D eigenvalue weighted by molar-refractivity contribution is 5.97. The molecule has 26 heavy (non-hydrogen) atoms. The maximum absolute atomic E-state index is 12.4. The third-order valence-electron chi connectivity index (χ3n) is 4.54. The van der Waals surface area contributed by atoms with Crippen molar-refractivity contribution in [1.82, 2.24) is 14.9 Å². The number of carbonyl (C=O) groups is 1. The predicted octanol–water partition coefficient (Wildman–Crippen LogP) is 1.93. The molecule has 134 valence electrons. The van der Waals surface area contributed by atoms with Gasteiger partial charge in [0.25, 0.3) is 11.5 Å². The number of rotatable bonds is 4. The van der Waals surface area contributed by atoms with E-state index in [0.717, 1.165) is 24.8 Å². The van der Waals surface area contributed by atoms with Gasteiger partial charge in [0.2, 0.25) is 0 Å². The highest BCUT2D eigenvalue weighted by Gasteiger charge is 2.18. The van der Waals surface area contributed by atoms with Crippen LogP contribution in [-0.2, 0) is 4.74 Å². The molecule has 1 aliphatic rings. The molecule has 0 spiro atoms. The van der Waals surface area contributed by atoms with E-state index in [-0.39, 0.29) is 23.3 Å². The predicted molar refractivity (Wildman–Crippen MR) is 96.9 cm³/mol. The summed E-state index contributed by atoms with van der Waals surface area (Å²) in [6.07, 6.45) is 2.04. The zero-order chi connectivity index (χ0) is 18.1. The topological polar surface area (TPSA) is 96.3 Å². The first-order chi connectivity index (χ1) is 12.6. The Morgan fingerprint density at radius 2 is 2.08 bits per heavy atom. The molecule has 1 atom stereocenters. The number of nitrogens with one attached hydrogen (secondary N) is 2. The van der Waals surface area contributed by atoms with Crippen LogP contribution >= 0.6 is 0 Å². The van der Waals surface area contributed by atoms with Crippen LogP contribution in [0.3, 0.4) is 0 Å². The fourth-order valence-electron chi connectivity index (χ4n) is 3.20. The summed E-state index contributed by atoms with van der Waals surface area (Å²) in [7, 11) is 0. The number of carbonyl (C=O) groups excluding carboxylic acids is 1. The highest BCUT2D eigenvalue weighted by Crippen LogP contribution is 2.19. The second kappa shape index (κ2) is 6.68. The number of aromatic amines is 1. The summed E-state index contributed by atoms with van der Waals surface area (Å²) in [5.74, 6) is -0.115. The molecule has 1 aromatic carbocycles. The van der Waals surface area contributed by atoms with Crippen molar-refractivity contribution in [2.75, 3.05) is 13.2 Å². The van der Waals surface area contributed by atoms with E-state index in [1.165, 1.54) is 22.8 Å². The summed E-state index contributed by atoms with van der Waals surface area (Å²) < 4.78 is 6.99. The van der Waals surface area contributed by atoms with Gasteiger partial charge >= 0.3 is 0 Å². The van der Waals surface area contributed by atoms with Crippen molar-refractivity contribution < 1.29 is 14.6 Å². The van der Waals surface area contributed by atoms with Crippen LogP contribution in [0.15, 0.2) is 47.3 Å². The summed E-state index contributed by atoms with van der Waals surface area (Å²) in [6.45, 7) is 1.21. The van der Waals surface area contributed by atoms with Gasteiger partial charge in [-0.3, -0.25) is 14.2 Å². The molecular weight excluding hydrogens is 334 g/mol. The van der Waals surface area contributed by atoms with E-state index in [0.29, 0.717) is 23.6 Å². The minimum absolute atomic E-state index is 0.0681. The lowest BCUT2D eigenvalue weighted by molar-refractivity contribution is 0.0854. The normalized spacial score (nSPS) is 16.8. The SMILES string of the molecule is O=C(NCC1CCCO1)c1cc2ccc(=O)n(-c3ccc(O)cc3)c2[nH]1. The number of phenolic OH excluding ortho intramolecular Hbond substituents is 1. The minimum Gasteiger partial charge on any atom is -0.508 e. The standard InChI is InChI=1S/C19H19N3O4/c23-14-6-4-13(5-7-14)22-17(24)8-3-12-10-16(21-18(12)22)19(25)20-11-15-2-1-9-26-15/h3-8,10,15,21,23H,1-2,9,11H2,(H,20,25). The second-order valence-corrected chi connectivity index (χ2v) is 6.36. The maximum Gasteiger partial charge on any atom is 0.267 e. The number of nitrogens with zero attached hydrogens (tertiary/aromatic N) is 1. The third kappa shape index (κ3) is 3.09. The molecule has 3 aromatic rings. The molecule has 1 amide bonds. The van der Waals surface area contributed by atoms with Crippen LogP contribution in [0.4, 0.5) is 0 Å². The minimum atomic E-state index is -0.235. The maximum atomic E-state index is 12.4. The molecule has 1 unspecified atom stereocenters. The summed E-state index contributed by atoms with van der Waals surface area (Å²) in [5, 5.41) is 13.1. The van der Waals surface area contributed by atoms with Gasteiger partial charge in [-0.25, -0.2) is 0 Å². The van der Waals surface area contributed by atoms with Crippen molar-refractivity contribution in [3.8, 4) is 11.4 Å². The number of phenols is 1. The fraction of sp³-hybridized carbons (Fsp3) is 0.263. The first-order valence-electron chi connectivity index (χ1n) is 8.56. The molecule has 0 bridgehead atoms. The quantitative estimate of drug-likeness (QED) is 0.668. The lowest BCUT2D eigenvalue weighted by Crippen LogP contribution is -2.31. The molecule has 7 nitrogen and oxygen atoms in total. The molecule has 4 rings (SSSR count). The molecule has 2 aromatic heterocycles. The number of hydrogen-bond donors (Lipinski definition) is 3. The smallest absolute Gasteiger partial charge is 0.267 e. The van der Waals surface area contributed by atoms with E-state index in [4.69, 9.17) is 4.74 Å². The van der Waals surface area contributed by atoms with Crippen LogP contribution in [0.25, 0.3) is 16.7 Å². The lowest BCUT2D eigenvalue weighted by atomic mass is 10.2. The van der Waals surface area contributed by atoms with Crippen LogP contribution in [0.5, 0.6) is 5.75 Å². The van der Waals surface area contributed by atoms with Crippen molar-refractivity contribution in [2.24, 2.45) is 0 Å². The number of ether oxygens (including phenoxy) is 1. The first kappa shape index (κ1) is 16.4. The van der Waals surface area contributed by atoms with Crippen LogP contribution in [0, 0.1) is 0 Å². The second-order valence-electron chi connectivity index (χ2n) is 6.36. The molecule has 3 N–H and O–H groups in total. The molecule has 3 heterocycles. The largest absolute Gasteiger partial charge is 0.508 e. The zero-order valence-corrected chi connectivity index (χ0v) is 14.1. The van der Waals surface area contributed by atoms with Gasteiger partial charge in [-0.15, -0.1) is 0 Å². The fourth-order valence-corrected chi connectivity index (χ4v) is 3.20. The monoisotopic (exact) mass is 353 g/mol. The van der Waals surface area contributed by atoms with Gasteiger partial charge in [-0.2, -0.15) is 0 Å². The van der Waals surface area contributed by atoms with E-state index < -0.39 is 0 Å². The van der Waals surface area contributed by atoms with Crippen molar-refractivity contribution in [3.05, 3.63) is 58.5 Å². The Hall–Kier alpha value is -3.06. The third-order valence-corrected chi connectivity index (χ3v) is 4.54. The number of H-pyrrole nitrogens is 1. The van der Waals surface area contributed by atoms with Crippen molar-refractivity contribution >= 4 is 16.9 Å².